The van der Waals surface area contributed by atoms with Gasteiger partial charge in [0, 0.05) is 4.90 Å². The van der Waals surface area contributed by atoms with Crippen LogP contribution in [0.3, 0.4) is 0 Å². The van der Waals surface area contributed by atoms with Crippen LogP contribution < -0.4 is 5.32 Å². The Hall–Kier alpha value is -1.12. The first-order valence-electron chi connectivity index (χ1n) is 5.82. The first kappa shape index (κ1) is 15.3. The molecule has 0 fully saturated rings. The van der Waals surface area contributed by atoms with Gasteiger partial charge in [-0.05, 0) is 30.0 Å². The third kappa shape index (κ3) is 4.77. The van der Waals surface area contributed by atoms with E-state index in [4.69, 9.17) is 0 Å². The van der Waals surface area contributed by atoms with Crippen LogP contribution in [-0.2, 0) is 4.79 Å². The minimum atomic E-state index is -0.284. The van der Waals surface area contributed by atoms with Crippen LogP contribution in [0.15, 0.2) is 33.5 Å². The predicted octanol–water partition coefficient (Wildman–Crippen LogP) is 3.52. The number of rotatable bonds is 6. The second kappa shape index (κ2) is 7.61. The lowest BCUT2D eigenvalue weighted by Crippen LogP contribution is -2.13. The monoisotopic (exact) mass is 329 g/mol. The first-order chi connectivity index (χ1) is 9.67. The Balaban J connectivity index is 1.81. The molecule has 1 N–H and O–H groups in total. The highest BCUT2D eigenvalue weighted by Crippen LogP contribution is 2.25. The number of hydrogen-bond acceptors (Lipinski definition) is 6. The fourth-order valence-electron chi connectivity index (χ4n) is 1.28. The average Bonchev–Trinajstić information content (AvgIpc) is 2.86. The number of thioether (sulfide) groups is 2. The maximum Gasteiger partial charge on any atom is 0.236 e. The maximum absolute atomic E-state index is 12.7. The molecule has 1 amide bonds. The van der Waals surface area contributed by atoms with Gasteiger partial charge < -0.3 is 0 Å². The number of nitrogens with one attached hydrogen (secondary N) is 1. The molecule has 1 aromatic carbocycles. The minimum Gasteiger partial charge on any atom is -0.300 e. The summed E-state index contributed by atoms with van der Waals surface area (Å²) in [4.78, 5) is 12.6. The summed E-state index contributed by atoms with van der Waals surface area (Å²) in [6.07, 6.45) is 0. The van der Waals surface area contributed by atoms with E-state index in [0.717, 1.165) is 15.0 Å². The molecular formula is C12H12FN3OS3. The Labute approximate surface area is 128 Å². The molecule has 0 unspecified atom stereocenters. The molecule has 2 rings (SSSR count). The molecular weight excluding hydrogens is 317 g/mol. The van der Waals surface area contributed by atoms with Gasteiger partial charge in [-0.15, -0.1) is 22.0 Å². The summed E-state index contributed by atoms with van der Waals surface area (Å²) in [6, 6.07) is 6.04. The van der Waals surface area contributed by atoms with Crippen molar-refractivity contribution in [2.24, 2.45) is 0 Å². The highest BCUT2D eigenvalue weighted by Gasteiger charge is 2.08. The molecule has 0 spiro atoms. The van der Waals surface area contributed by atoms with Crippen molar-refractivity contribution in [2.45, 2.75) is 16.2 Å². The summed E-state index contributed by atoms with van der Waals surface area (Å²) < 4.78 is 13.6. The Morgan fingerprint density at radius 2 is 2.05 bits per heavy atom. The highest BCUT2D eigenvalue weighted by molar-refractivity contribution is 8.01. The summed E-state index contributed by atoms with van der Waals surface area (Å²) in [6.45, 7) is 2.03. The van der Waals surface area contributed by atoms with E-state index < -0.39 is 0 Å². The quantitative estimate of drug-likeness (QED) is 0.649. The van der Waals surface area contributed by atoms with Crippen LogP contribution in [0.2, 0.25) is 0 Å². The van der Waals surface area contributed by atoms with Gasteiger partial charge in [0.05, 0.1) is 5.75 Å². The van der Waals surface area contributed by atoms with E-state index in [2.05, 4.69) is 15.5 Å². The molecule has 0 saturated heterocycles. The van der Waals surface area contributed by atoms with Crippen LogP contribution in [0.4, 0.5) is 9.52 Å². The number of amides is 1. The van der Waals surface area contributed by atoms with E-state index in [1.54, 1.807) is 23.9 Å². The molecule has 106 valence electrons. The second-order valence-electron chi connectivity index (χ2n) is 3.60. The number of halogens is 1. The summed E-state index contributed by atoms with van der Waals surface area (Å²) in [5.74, 6) is 0.738. The van der Waals surface area contributed by atoms with Crippen molar-refractivity contribution in [3.63, 3.8) is 0 Å². The van der Waals surface area contributed by atoms with Gasteiger partial charge in [0.2, 0.25) is 11.0 Å². The van der Waals surface area contributed by atoms with Gasteiger partial charge >= 0.3 is 0 Å². The van der Waals surface area contributed by atoms with Gasteiger partial charge in [0.15, 0.2) is 4.34 Å². The number of aromatic nitrogens is 2. The Bertz CT molecular complexity index is 574. The first-order valence-corrected chi connectivity index (χ1v) is 8.60. The molecule has 0 atom stereocenters. The van der Waals surface area contributed by atoms with Crippen LogP contribution in [0.5, 0.6) is 0 Å². The predicted molar refractivity (Wildman–Crippen MR) is 82.1 cm³/mol. The molecule has 1 heterocycles. The minimum absolute atomic E-state index is 0.150. The summed E-state index contributed by atoms with van der Waals surface area (Å²) in [7, 11) is 0. The standard InChI is InChI=1S/C12H12FN3OS3/c1-2-18-12-16-15-11(20-12)14-10(17)7-19-9-5-3-8(13)4-6-9/h3-6H,2,7H2,1H3,(H,14,15,17). The van der Waals surface area contributed by atoms with Gasteiger partial charge in [-0.3, -0.25) is 10.1 Å². The summed E-state index contributed by atoms with van der Waals surface area (Å²) >= 11 is 4.29. The number of carbonyl (C=O) groups excluding carboxylic acids is 1. The maximum atomic E-state index is 12.7. The fourth-order valence-corrected chi connectivity index (χ4v) is 3.64. The molecule has 4 nitrogen and oxygen atoms in total. The van der Waals surface area contributed by atoms with Gasteiger partial charge in [-0.25, -0.2) is 4.39 Å². The lowest BCUT2D eigenvalue weighted by atomic mass is 10.4. The molecule has 20 heavy (non-hydrogen) atoms. The van der Waals surface area contributed by atoms with E-state index in [1.807, 2.05) is 6.92 Å². The molecule has 8 heteroatoms. The van der Waals surface area contributed by atoms with Gasteiger partial charge in [0.25, 0.3) is 0 Å². The van der Waals surface area contributed by atoms with Crippen molar-refractivity contribution in [3.8, 4) is 0 Å². The topological polar surface area (TPSA) is 54.9 Å². The van der Waals surface area contributed by atoms with E-state index in [-0.39, 0.29) is 17.5 Å². The number of benzene rings is 1. The molecule has 0 bridgehead atoms. The Kier molecular flexibility index (Phi) is 5.81. The van der Waals surface area contributed by atoms with E-state index >= 15 is 0 Å². The van der Waals surface area contributed by atoms with Crippen molar-refractivity contribution >= 4 is 45.9 Å². The lowest BCUT2D eigenvalue weighted by Gasteiger charge is -2.01. The number of carbonyl (C=O) groups is 1. The zero-order valence-electron chi connectivity index (χ0n) is 10.6. The normalized spacial score (nSPS) is 10.5. The van der Waals surface area contributed by atoms with Crippen LogP contribution in [0, 0.1) is 5.82 Å². The SMILES string of the molecule is CCSc1nnc(NC(=O)CSc2ccc(F)cc2)s1. The zero-order valence-corrected chi connectivity index (χ0v) is 13.1. The smallest absolute Gasteiger partial charge is 0.236 e. The number of hydrogen-bond donors (Lipinski definition) is 1. The van der Waals surface area contributed by atoms with Crippen LogP contribution in [0.25, 0.3) is 0 Å². The Morgan fingerprint density at radius 3 is 2.75 bits per heavy atom. The molecule has 0 aliphatic rings. The van der Waals surface area contributed by atoms with E-state index in [0.29, 0.717) is 5.13 Å². The summed E-state index contributed by atoms with van der Waals surface area (Å²) in [5.41, 5.74) is 0. The molecule has 1 aromatic heterocycles. The van der Waals surface area contributed by atoms with Crippen molar-refractivity contribution in [3.05, 3.63) is 30.1 Å². The second-order valence-corrected chi connectivity index (χ2v) is 7.13. The molecule has 0 saturated carbocycles. The van der Waals surface area contributed by atoms with Crippen molar-refractivity contribution in [1.82, 2.24) is 10.2 Å². The van der Waals surface area contributed by atoms with Crippen molar-refractivity contribution in [1.29, 1.82) is 0 Å². The van der Waals surface area contributed by atoms with E-state index in [1.165, 1.54) is 35.2 Å². The highest BCUT2D eigenvalue weighted by atomic mass is 32.2. The largest absolute Gasteiger partial charge is 0.300 e. The number of anilines is 1. The Morgan fingerprint density at radius 1 is 1.30 bits per heavy atom. The van der Waals surface area contributed by atoms with E-state index in [9.17, 15) is 9.18 Å². The molecule has 0 aliphatic carbocycles. The van der Waals surface area contributed by atoms with Crippen LogP contribution >= 0.6 is 34.9 Å². The van der Waals surface area contributed by atoms with Crippen LogP contribution in [0.1, 0.15) is 6.92 Å². The molecule has 0 radical (unpaired) electrons. The average molecular weight is 329 g/mol. The number of nitrogens with zero attached hydrogens (tertiary/aromatic N) is 2. The molecule has 0 aliphatic heterocycles. The molecule has 2 aromatic rings. The van der Waals surface area contributed by atoms with Crippen molar-refractivity contribution < 1.29 is 9.18 Å². The fraction of sp³-hybridized carbons (Fsp3) is 0.250. The van der Waals surface area contributed by atoms with Crippen LogP contribution in [-0.4, -0.2) is 27.6 Å². The van der Waals surface area contributed by atoms with Crippen molar-refractivity contribution in [2.75, 3.05) is 16.8 Å². The zero-order chi connectivity index (χ0) is 14.4. The van der Waals surface area contributed by atoms with Gasteiger partial charge in [-0.1, -0.05) is 30.0 Å². The van der Waals surface area contributed by atoms with Gasteiger partial charge in [0.1, 0.15) is 5.82 Å². The lowest BCUT2D eigenvalue weighted by molar-refractivity contribution is -0.113. The third-order valence-corrected chi connectivity index (χ3v) is 4.97. The van der Waals surface area contributed by atoms with Gasteiger partial charge in [-0.2, -0.15) is 0 Å². The summed E-state index contributed by atoms with van der Waals surface area (Å²) in [5, 5.41) is 11.1. The third-order valence-electron chi connectivity index (χ3n) is 2.10.